The zero-order valence-electron chi connectivity index (χ0n) is 5.85. The van der Waals surface area contributed by atoms with Crippen LogP contribution in [0.25, 0.3) is 0 Å². The van der Waals surface area contributed by atoms with E-state index in [9.17, 15) is 9.59 Å². The highest BCUT2D eigenvalue weighted by atomic mass is 35.5. The van der Waals surface area contributed by atoms with Gasteiger partial charge >= 0.3 is 0 Å². The molecule has 0 N–H and O–H groups in total. The lowest BCUT2D eigenvalue weighted by Crippen LogP contribution is -2.07. The van der Waals surface area contributed by atoms with Crippen LogP contribution < -0.4 is 0 Å². The van der Waals surface area contributed by atoms with E-state index < -0.39 is 0 Å². The standard InChI is InChI=1S/C7H8Cl2O2/c8-6(10)4-1-2-5(3-4)7(9)11/h4-5H,1-3H2/t4-,5+. The van der Waals surface area contributed by atoms with Crippen molar-refractivity contribution in [2.24, 2.45) is 11.8 Å². The van der Waals surface area contributed by atoms with E-state index in [1.807, 2.05) is 0 Å². The highest BCUT2D eigenvalue weighted by molar-refractivity contribution is 6.65. The van der Waals surface area contributed by atoms with Gasteiger partial charge in [-0.1, -0.05) is 0 Å². The zero-order chi connectivity index (χ0) is 8.43. The van der Waals surface area contributed by atoms with Crippen LogP contribution >= 0.6 is 23.2 Å². The smallest absolute Gasteiger partial charge is 0.224 e. The second-order valence-electron chi connectivity index (χ2n) is 2.82. The molecule has 2 atom stereocenters. The Kier molecular flexibility index (Phi) is 2.90. The van der Waals surface area contributed by atoms with Gasteiger partial charge < -0.3 is 0 Å². The minimum absolute atomic E-state index is 0.149. The molecule has 0 heterocycles. The van der Waals surface area contributed by atoms with Crippen LogP contribution in [0.2, 0.25) is 0 Å². The monoisotopic (exact) mass is 194 g/mol. The number of hydrogen-bond donors (Lipinski definition) is 0. The highest BCUT2D eigenvalue weighted by Crippen LogP contribution is 2.33. The number of rotatable bonds is 2. The summed E-state index contributed by atoms with van der Waals surface area (Å²) in [5, 5.41) is -0.684. The lowest BCUT2D eigenvalue weighted by Gasteiger charge is -2.01. The molecule has 1 aliphatic carbocycles. The van der Waals surface area contributed by atoms with E-state index in [-0.39, 0.29) is 22.3 Å². The van der Waals surface area contributed by atoms with E-state index in [4.69, 9.17) is 23.2 Å². The summed E-state index contributed by atoms with van der Waals surface area (Å²) in [6.45, 7) is 0. The van der Waals surface area contributed by atoms with Gasteiger partial charge in [0, 0.05) is 11.8 Å². The van der Waals surface area contributed by atoms with Gasteiger partial charge in [-0.2, -0.15) is 0 Å². The van der Waals surface area contributed by atoms with Gasteiger partial charge in [0.15, 0.2) is 0 Å². The molecule has 0 unspecified atom stereocenters. The van der Waals surface area contributed by atoms with Crippen LogP contribution in [0.1, 0.15) is 19.3 Å². The van der Waals surface area contributed by atoms with Crippen molar-refractivity contribution in [2.45, 2.75) is 19.3 Å². The molecule has 0 aromatic heterocycles. The van der Waals surface area contributed by atoms with Crippen LogP contribution in [0.3, 0.4) is 0 Å². The van der Waals surface area contributed by atoms with Gasteiger partial charge in [-0.05, 0) is 42.5 Å². The van der Waals surface area contributed by atoms with Crippen LogP contribution in [0.15, 0.2) is 0 Å². The molecule has 0 aromatic carbocycles. The van der Waals surface area contributed by atoms with Gasteiger partial charge in [0.2, 0.25) is 10.5 Å². The minimum atomic E-state index is -0.342. The number of hydrogen-bond acceptors (Lipinski definition) is 2. The first-order chi connectivity index (χ1) is 5.11. The van der Waals surface area contributed by atoms with Crippen LogP contribution in [0.5, 0.6) is 0 Å². The van der Waals surface area contributed by atoms with Gasteiger partial charge in [-0.3, -0.25) is 9.59 Å². The van der Waals surface area contributed by atoms with E-state index in [2.05, 4.69) is 0 Å². The summed E-state index contributed by atoms with van der Waals surface area (Å²) in [4.78, 5) is 21.3. The Morgan fingerprint density at radius 1 is 1.00 bits per heavy atom. The van der Waals surface area contributed by atoms with Gasteiger partial charge in [-0.25, -0.2) is 0 Å². The van der Waals surface area contributed by atoms with E-state index in [0.717, 1.165) is 0 Å². The lowest BCUT2D eigenvalue weighted by atomic mass is 10.1. The van der Waals surface area contributed by atoms with Crippen molar-refractivity contribution in [3.05, 3.63) is 0 Å². The third-order valence-electron chi connectivity index (χ3n) is 2.07. The summed E-state index contributed by atoms with van der Waals surface area (Å²) in [5.41, 5.74) is 0. The Balaban J connectivity index is 2.47. The zero-order valence-corrected chi connectivity index (χ0v) is 7.36. The molecule has 1 rings (SSSR count). The molecular formula is C7H8Cl2O2. The van der Waals surface area contributed by atoms with Gasteiger partial charge in [0.25, 0.3) is 0 Å². The van der Waals surface area contributed by atoms with E-state index in [1.165, 1.54) is 0 Å². The Bertz CT molecular complexity index is 171. The summed E-state index contributed by atoms with van der Waals surface area (Å²) >= 11 is 10.5. The third kappa shape index (κ3) is 2.17. The minimum Gasteiger partial charge on any atom is -0.281 e. The molecule has 1 fully saturated rings. The molecule has 0 bridgehead atoms. The maximum absolute atomic E-state index is 10.6. The molecule has 1 saturated carbocycles. The second-order valence-corrected chi connectivity index (χ2v) is 3.56. The molecule has 1 aliphatic rings. The van der Waals surface area contributed by atoms with Gasteiger partial charge in [0.1, 0.15) is 0 Å². The van der Waals surface area contributed by atoms with E-state index >= 15 is 0 Å². The van der Waals surface area contributed by atoms with Crippen LogP contribution in [-0.2, 0) is 9.59 Å². The quantitative estimate of drug-likeness (QED) is 0.631. The molecule has 0 saturated heterocycles. The van der Waals surface area contributed by atoms with Crippen molar-refractivity contribution in [2.75, 3.05) is 0 Å². The SMILES string of the molecule is O=C(Cl)[C@@H]1CC[C@H](C(=O)Cl)C1. The summed E-state index contributed by atoms with van der Waals surface area (Å²) in [7, 11) is 0. The Morgan fingerprint density at radius 3 is 1.55 bits per heavy atom. The lowest BCUT2D eigenvalue weighted by molar-refractivity contribution is -0.116. The molecule has 0 spiro atoms. The Morgan fingerprint density at radius 2 is 1.36 bits per heavy atom. The fraction of sp³-hybridized carbons (Fsp3) is 0.714. The summed E-state index contributed by atoms with van der Waals surface area (Å²) in [5.74, 6) is -0.297. The normalized spacial score (nSPS) is 30.4. The highest BCUT2D eigenvalue weighted by Gasteiger charge is 2.32. The van der Waals surface area contributed by atoms with Crippen molar-refractivity contribution in [1.82, 2.24) is 0 Å². The summed E-state index contributed by atoms with van der Waals surface area (Å²) in [6.07, 6.45) is 1.93. The van der Waals surface area contributed by atoms with E-state index in [1.54, 1.807) is 0 Å². The molecule has 0 aromatic rings. The molecule has 62 valence electrons. The van der Waals surface area contributed by atoms with E-state index in [0.29, 0.717) is 19.3 Å². The van der Waals surface area contributed by atoms with Crippen LogP contribution in [0, 0.1) is 11.8 Å². The average Bonchev–Trinajstić information content (AvgIpc) is 2.33. The number of halogens is 2. The third-order valence-corrected chi connectivity index (χ3v) is 2.69. The fourth-order valence-corrected chi connectivity index (χ4v) is 1.79. The number of carbonyl (C=O) groups excluding carboxylic acids is 2. The fourth-order valence-electron chi connectivity index (χ4n) is 1.39. The maximum Gasteiger partial charge on any atom is 0.224 e. The van der Waals surface area contributed by atoms with Crippen molar-refractivity contribution < 1.29 is 9.59 Å². The number of carbonyl (C=O) groups is 2. The largest absolute Gasteiger partial charge is 0.281 e. The first-order valence-corrected chi connectivity index (χ1v) is 4.25. The van der Waals surface area contributed by atoms with Crippen LogP contribution in [0.4, 0.5) is 0 Å². The van der Waals surface area contributed by atoms with Crippen molar-refractivity contribution >= 4 is 33.7 Å². The Hall–Kier alpha value is -0.0800. The van der Waals surface area contributed by atoms with Crippen molar-refractivity contribution in [3.63, 3.8) is 0 Å². The second kappa shape index (κ2) is 3.55. The van der Waals surface area contributed by atoms with Crippen molar-refractivity contribution in [1.29, 1.82) is 0 Å². The van der Waals surface area contributed by atoms with Crippen molar-refractivity contribution in [3.8, 4) is 0 Å². The summed E-state index contributed by atoms with van der Waals surface area (Å²) < 4.78 is 0. The van der Waals surface area contributed by atoms with Gasteiger partial charge in [0.05, 0.1) is 0 Å². The average molecular weight is 195 g/mol. The molecule has 4 heteroatoms. The maximum atomic E-state index is 10.6. The summed E-state index contributed by atoms with van der Waals surface area (Å²) in [6, 6.07) is 0. The molecular weight excluding hydrogens is 187 g/mol. The van der Waals surface area contributed by atoms with Crippen LogP contribution in [-0.4, -0.2) is 10.5 Å². The molecule has 0 radical (unpaired) electrons. The Labute approximate surface area is 74.9 Å². The molecule has 0 aliphatic heterocycles. The first kappa shape index (κ1) is 9.01. The molecule has 11 heavy (non-hydrogen) atoms. The molecule has 0 amide bonds. The molecule has 2 nitrogen and oxygen atoms in total. The first-order valence-electron chi connectivity index (χ1n) is 3.50. The predicted octanol–water partition coefficient (Wildman–Crippen LogP) is 1.93. The van der Waals surface area contributed by atoms with Gasteiger partial charge in [-0.15, -0.1) is 0 Å². The topological polar surface area (TPSA) is 34.1 Å². The predicted molar refractivity (Wildman–Crippen MR) is 42.6 cm³/mol.